The third kappa shape index (κ3) is 22.3. The minimum Gasteiger partial charge on any atom is -0.397 e. The van der Waals surface area contributed by atoms with Gasteiger partial charge in [0.25, 0.3) is 0 Å². The van der Waals surface area contributed by atoms with Crippen LogP contribution >= 0.6 is 0 Å². The molecule has 0 spiro atoms. The smallest absolute Gasteiger partial charge is 0.321 e. The van der Waals surface area contributed by atoms with Crippen molar-refractivity contribution in [2.45, 2.75) is 142 Å². The van der Waals surface area contributed by atoms with E-state index in [-0.39, 0.29) is 0 Å². The van der Waals surface area contributed by atoms with Crippen LogP contribution in [0, 0.1) is 0 Å². The van der Waals surface area contributed by atoms with Gasteiger partial charge in [-0.05, 0) is 18.9 Å². The second-order valence-electron chi connectivity index (χ2n) is 8.26. The highest BCUT2D eigenvalue weighted by Crippen LogP contribution is 2.15. The van der Waals surface area contributed by atoms with Crippen molar-refractivity contribution in [1.29, 1.82) is 0 Å². The van der Waals surface area contributed by atoms with Gasteiger partial charge in [0.15, 0.2) is 0 Å². The zero-order chi connectivity index (χ0) is 19.8. The molecule has 0 amide bonds. The van der Waals surface area contributed by atoms with Crippen LogP contribution in [-0.4, -0.2) is 22.5 Å². The Morgan fingerprint density at radius 3 is 1.07 bits per heavy atom. The highest BCUT2D eigenvalue weighted by Gasteiger charge is 2.12. The Morgan fingerprint density at radius 1 is 0.407 bits per heavy atom. The molecule has 27 heavy (non-hydrogen) atoms. The Labute approximate surface area is 174 Å². The molecule has 0 aliphatic rings. The van der Waals surface area contributed by atoms with E-state index in [1.54, 1.807) is 0 Å². The predicted molar refractivity (Wildman–Crippen MR) is 124 cm³/mol. The molecule has 0 aromatic carbocycles. The number of hydrogen-bond acceptors (Lipinski definition) is 2. The summed E-state index contributed by atoms with van der Waals surface area (Å²) >= 11 is 0. The van der Waals surface area contributed by atoms with Crippen molar-refractivity contribution >= 4 is 9.28 Å². The fourth-order valence-corrected chi connectivity index (χ4v) is 5.62. The standard InChI is InChI=1S/C24H52O2Si/c1-4-7-8-9-10-11-12-13-14-15-16-17-18-19-20-21-24-27(25-22-5-2)26-23-6-3/h27H,4-24H2,1-3H3. The van der Waals surface area contributed by atoms with Gasteiger partial charge in [0, 0.05) is 13.2 Å². The van der Waals surface area contributed by atoms with Crippen molar-refractivity contribution in [2.75, 3.05) is 13.2 Å². The van der Waals surface area contributed by atoms with E-state index in [1.165, 1.54) is 109 Å². The Kier molecular flexibility index (Phi) is 24.3. The van der Waals surface area contributed by atoms with Crippen LogP contribution in [0.25, 0.3) is 0 Å². The van der Waals surface area contributed by atoms with Gasteiger partial charge < -0.3 is 8.85 Å². The molecule has 0 fully saturated rings. The largest absolute Gasteiger partial charge is 0.397 e. The van der Waals surface area contributed by atoms with E-state index in [0.717, 1.165) is 26.1 Å². The summed E-state index contributed by atoms with van der Waals surface area (Å²) in [5, 5.41) is 0. The van der Waals surface area contributed by atoms with Crippen LogP contribution in [0.15, 0.2) is 0 Å². The molecule has 3 heteroatoms. The summed E-state index contributed by atoms with van der Waals surface area (Å²) in [7, 11) is -1.36. The maximum Gasteiger partial charge on any atom is 0.321 e. The molecule has 0 aromatic rings. The fourth-order valence-electron chi connectivity index (χ4n) is 3.57. The van der Waals surface area contributed by atoms with Gasteiger partial charge in [0.1, 0.15) is 0 Å². The molecule has 0 atom stereocenters. The van der Waals surface area contributed by atoms with E-state index < -0.39 is 9.28 Å². The molecule has 0 aliphatic heterocycles. The van der Waals surface area contributed by atoms with Gasteiger partial charge in [-0.2, -0.15) is 0 Å². The van der Waals surface area contributed by atoms with E-state index in [1.807, 2.05) is 0 Å². The summed E-state index contributed by atoms with van der Waals surface area (Å²) in [4.78, 5) is 0. The molecular weight excluding hydrogens is 348 g/mol. The van der Waals surface area contributed by atoms with Gasteiger partial charge in [-0.15, -0.1) is 0 Å². The fraction of sp³-hybridized carbons (Fsp3) is 1.00. The van der Waals surface area contributed by atoms with E-state index >= 15 is 0 Å². The van der Waals surface area contributed by atoms with Crippen LogP contribution in [0.5, 0.6) is 0 Å². The van der Waals surface area contributed by atoms with Gasteiger partial charge in [-0.1, -0.05) is 124 Å². The topological polar surface area (TPSA) is 18.5 Å². The Bertz CT molecular complexity index is 253. The first-order valence-electron chi connectivity index (χ1n) is 12.6. The van der Waals surface area contributed by atoms with Crippen LogP contribution in [0.3, 0.4) is 0 Å². The minimum atomic E-state index is -1.36. The molecule has 0 saturated heterocycles. The quantitative estimate of drug-likeness (QED) is 0.127. The van der Waals surface area contributed by atoms with Crippen molar-refractivity contribution in [3.05, 3.63) is 0 Å². The molecule has 164 valence electrons. The van der Waals surface area contributed by atoms with Gasteiger partial charge in [-0.25, -0.2) is 0 Å². The minimum absolute atomic E-state index is 0.888. The highest BCUT2D eigenvalue weighted by atomic mass is 28.3. The first-order valence-corrected chi connectivity index (χ1v) is 14.3. The molecule has 0 bridgehead atoms. The van der Waals surface area contributed by atoms with E-state index in [9.17, 15) is 0 Å². The highest BCUT2D eigenvalue weighted by molar-refractivity contribution is 6.44. The average Bonchev–Trinajstić information content (AvgIpc) is 2.69. The lowest BCUT2D eigenvalue weighted by molar-refractivity contribution is 0.195. The first kappa shape index (κ1) is 27.1. The predicted octanol–water partition coefficient (Wildman–Crippen LogP) is 8.32. The van der Waals surface area contributed by atoms with Crippen molar-refractivity contribution < 1.29 is 8.85 Å². The first-order chi connectivity index (χ1) is 13.3. The molecule has 0 saturated carbocycles. The zero-order valence-electron chi connectivity index (χ0n) is 19.2. The van der Waals surface area contributed by atoms with Crippen LogP contribution in [0.2, 0.25) is 6.04 Å². The third-order valence-electron chi connectivity index (χ3n) is 5.31. The Balaban J connectivity index is 3.24. The van der Waals surface area contributed by atoms with Gasteiger partial charge in [0.2, 0.25) is 0 Å². The molecule has 0 aliphatic carbocycles. The van der Waals surface area contributed by atoms with Crippen LogP contribution in [-0.2, 0) is 8.85 Å². The number of unbranched alkanes of at least 4 members (excludes halogenated alkanes) is 15. The monoisotopic (exact) mass is 400 g/mol. The number of rotatable bonds is 23. The lowest BCUT2D eigenvalue weighted by atomic mass is 10.0. The second-order valence-corrected chi connectivity index (χ2v) is 10.4. The number of hydrogen-bond donors (Lipinski definition) is 0. The van der Waals surface area contributed by atoms with E-state index in [4.69, 9.17) is 8.85 Å². The maximum atomic E-state index is 5.93. The zero-order valence-corrected chi connectivity index (χ0v) is 20.4. The Morgan fingerprint density at radius 2 is 0.741 bits per heavy atom. The van der Waals surface area contributed by atoms with Crippen LogP contribution in [0.4, 0.5) is 0 Å². The van der Waals surface area contributed by atoms with Crippen molar-refractivity contribution in [2.24, 2.45) is 0 Å². The Hall–Kier alpha value is 0.137. The second kappa shape index (κ2) is 24.2. The molecular formula is C24H52O2Si. The molecule has 0 heterocycles. The summed E-state index contributed by atoms with van der Waals surface area (Å²) in [5.74, 6) is 0. The molecule has 0 N–H and O–H groups in total. The maximum absolute atomic E-state index is 5.93. The average molecular weight is 401 g/mol. The SMILES string of the molecule is CCCCCCCCCCCCCCCCCC[SiH](OCCC)OCCC. The van der Waals surface area contributed by atoms with Crippen LogP contribution in [0.1, 0.15) is 136 Å². The van der Waals surface area contributed by atoms with Gasteiger partial charge in [0.05, 0.1) is 0 Å². The normalized spacial score (nSPS) is 11.6. The lowest BCUT2D eigenvalue weighted by Crippen LogP contribution is -2.23. The molecule has 0 rings (SSSR count). The summed E-state index contributed by atoms with van der Waals surface area (Å²) < 4.78 is 11.9. The van der Waals surface area contributed by atoms with E-state index in [2.05, 4.69) is 20.8 Å². The van der Waals surface area contributed by atoms with Gasteiger partial charge in [-0.3, -0.25) is 0 Å². The van der Waals surface area contributed by atoms with Crippen molar-refractivity contribution in [3.63, 3.8) is 0 Å². The van der Waals surface area contributed by atoms with E-state index in [0.29, 0.717) is 0 Å². The molecule has 0 radical (unpaired) electrons. The van der Waals surface area contributed by atoms with Crippen LogP contribution < -0.4 is 0 Å². The van der Waals surface area contributed by atoms with Crippen molar-refractivity contribution in [1.82, 2.24) is 0 Å². The summed E-state index contributed by atoms with van der Waals surface area (Å²) in [6.07, 6.45) is 25.1. The summed E-state index contributed by atoms with van der Waals surface area (Å²) in [6.45, 7) is 8.43. The molecule has 0 unspecified atom stereocenters. The lowest BCUT2D eigenvalue weighted by Gasteiger charge is -2.16. The molecule has 0 aromatic heterocycles. The van der Waals surface area contributed by atoms with Crippen molar-refractivity contribution in [3.8, 4) is 0 Å². The third-order valence-corrected chi connectivity index (χ3v) is 7.40. The summed E-state index contributed by atoms with van der Waals surface area (Å²) in [5.41, 5.74) is 0. The molecule has 2 nitrogen and oxygen atoms in total. The summed E-state index contributed by atoms with van der Waals surface area (Å²) in [6, 6.07) is 1.21. The van der Waals surface area contributed by atoms with Gasteiger partial charge >= 0.3 is 9.28 Å².